The zero-order chi connectivity index (χ0) is 14.7. The second-order valence-electron chi connectivity index (χ2n) is 5.62. The Morgan fingerprint density at radius 1 is 1.35 bits per heavy atom. The van der Waals surface area contributed by atoms with Gasteiger partial charge in [-0.05, 0) is 26.8 Å². The Morgan fingerprint density at radius 2 is 2.10 bits per heavy atom. The number of piperazine rings is 1. The molecule has 0 aliphatic carbocycles. The highest BCUT2D eigenvalue weighted by molar-refractivity contribution is 5.74. The SMILES string of the molecule is CC1CN(C(=O)NCC2CCC(C(=O)O)O2)CCN1C. The molecule has 2 aliphatic rings. The van der Waals surface area contributed by atoms with Crippen molar-refractivity contribution in [2.24, 2.45) is 0 Å². The molecule has 0 aromatic carbocycles. The Balaban J connectivity index is 1.72. The molecular formula is C13H23N3O4. The second-order valence-corrected chi connectivity index (χ2v) is 5.62. The van der Waals surface area contributed by atoms with E-state index in [0.717, 1.165) is 13.1 Å². The summed E-state index contributed by atoms with van der Waals surface area (Å²) < 4.78 is 5.36. The van der Waals surface area contributed by atoms with Gasteiger partial charge in [0.25, 0.3) is 0 Å². The van der Waals surface area contributed by atoms with Crippen LogP contribution >= 0.6 is 0 Å². The third-order valence-corrected chi connectivity index (χ3v) is 4.11. The fraction of sp³-hybridized carbons (Fsp3) is 0.846. The summed E-state index contributed by atoms with van der Waals surface area (Å²) in [5.74, 6) is -0.924. The molecule has 2 amide bonds. The van der Waals surface area contributed by atoms with Crippen LogP contribution in [0.3, 0.4) is 0 Å². The monoisotopic (exact) mass is 285 g/mol. The van der Waals surface area contributed by atoms with Crippen molar-refractivity contribution < 1.29 is 19.4 Å². The number of rotatable bonds is 3. The lowest BCUT2D eigenvalue weighted by Crippen LogP contribution is -2.55. The Bertz CT molecular complexity index is 377. The Hall–Kier alpha value is -1.34. The predicted molar refractivity (Wildman–Crippen MR) is 72.6 cm³/mol. The summed E-state index contributed by atoms with van der Waals surface area (Å²) in [6, 6.07) is 0.265. The van der Waals surface area contributed by atoms with Gasteiger partial charge in [-0.15, -0.1) is 0 Å². The zero-order valence-corrected chi connectivity index (χ0v) is 12.0. The average Bonchev–Trinajstić information content (AvgIpc) is 2.88. The van der Waals surface area contributed by atoms with Crippen molar-refractivity contribution in [1.29, 1.82) is 0 Å². The number of nitrogens with one attached hydrogen (secondary N) is 1. The molecule has 2 fully saturated rings. The summed E-state index contributed by atoms with van der Waals surface area (Å²) >= 11 is 0. The van der Waals surface area contributed by atoms with E-state index in [9.17, 15) is 9.59 Å². The van der Waals surface area contributed by atoms with Crippen molar-refractivity contribution in [2.75, 3.05) is 33.2 Å². The molecule has 7 nitrogen and oxygen atoms in total. The number of aliphatic carboxylic acids is 1. The van der Waals surface area contributed by atoms with Gasteiger partial charge in [-0.25, -0.2) is 9.59 Å². The molecule has 3 atom stereocenters. The summed E-state index contributed by atoms with van der Waals surface area (Å²) in [6.45, 7) is 4.78. The maximum Gasteiger partial charge on any atom is 0.332 e. The number of amides is 2. The maximum absolute atomic E-state index is 12.0. The van der Waals surface area contributed by atoms with Crippen molar-refractivity contribution >= 4 is 12.0 Å². The minimum Gasteiger partial charge on any atom is -0.479 e. The maximum atomic E-state index is 12.0. The first kappa shape index (κ1) is 15.1. The van der Waals surface area contributed by atoms with Gasteiger partial charge in [0, 0.05) is 32.2 Å². The Morgan fingerprint density at radius 3 is 2.70 bits per heavy atom. The number of carboxylic acids is 1. The van der Waals surface area contributed by atoms with E-state index in [-0.39, 0.29) is 12.1 Å². The molecule has 2 N–H and O–H groups in total. The van der Waals surface area contributed by atoms with E-state index in [1.807, 2.05) is 0 Å². The third-order valence-electron chi connectivity index (χ3n) is 4.11. The molecule has 2 heterocycles. The number of hydrogen-bond donors (Lipinski definition) is 2. The summed E-state index contributed by atoms with van der Waals surface area (Å²) in [5.41, 5.74) is 0. The molecule has 2 rings (SSSR count). The quantitative estimate of drug-likeness (QED) is 0.760. The highest BCUT2D eigenvalue weighted by Crippen LogP contribution is 2.19. The molecule has 20 heavy (non-hydrogen) atoms. The zero-order valence-electron chi connectivity index (χ0n) is 12.0. The number of urea groups is 1. The van der Waals surface area contributed by atoms with Crippen LogP contribution in [0.5, 0.6) is 0 Å². The van der Waals surface area contributed by atoms with E-state index in [0.29, 0.717) is 32.0 Å². The lowest BCUT2D eigenvalue weighted by Gasteiger charge is -2.37. The average molecular weight is 285 g/mol. The van der Waals surface area contributed by atoms with Crippen LogP contribution in [0, 0.1) is 0 Å². The fourth-order valence-corrected chi connectivity index (χ4v) is 2.58. The number of carbonyl (C=O) groups is 2. The van der Waals surface area contributed by atoms with Crippen molar-refractivity contribution in [1.82, 2.24) is 15.1 Å². The standard InChI is InChI=1S/C13H23N3O4/c1-9-8-16(6-5-15(9)2)13(19)14-7-10-3-4-11(20-10)12(17)18/h9-11H,3-8H2,1-2H3,(H,14,19)(H,17,18). The van der Waals surface area contributed by atoms with Crippen LogP contribution in [0.15, 0.2) is 0 Å². The van der Waals surface area contributed by atoms with Crippen LogP contribution < -0.4 is 5.32 Å². The topological polar surface area (TPSA) is 82.1 Å². The summed E-state index contributed by atoms with van der Waals surface area (Å²) in [7, 11) is 2.05. The van der Waals surface area contributed by atoms with Gasteiger partial charge in [0.15, 0.2) is 6.10 Å². The number of hydrogen-bond acceptors (Lipinski definition) is 4. The highest BCUT2D eigenvalue weighted by atomic mass is 16.5. The van der Waals surface area contributed by atoms with Gasteiger partial charge in [-0.3, -0.25) is 0 Å². The molecule has 0 radical (unpaired) electrons. The van der Waals surface area contributed by atoms with E-state index in [2.05, 4.69) is 24.2 Å². The minimum absolute atomic E-state index is 0.0904. The molecule has 3 unspecified atom stereocenters. The third kappa shape index (κ3) is 3.61. The first-order valence-corrected chi connectivity index (χ1v) is 7.08. The fourth-order valence-electron chi connectivity index (χ4n) is 2.58. The molecule has 0 saturated carbocycles. The number of ether oxygens (including phenoxy) is 1. The minimum atomic E-state index is -0.924. The van der Waals surface area contributed by atoms with E-state index < -0.39 is 12.1 Å². The van der Waals surface area contributed by atoms with Gasteiger partial charge < -0.3 is 25.0 Å². The molecular weight excluding hydrogens is 262 g/mol. The van der Waals surface area contributed by atoms with Crippen molar-refractivity contribution in [3.05, 3.63) is 0 Å². The normalized spacial score (nSPS) is 31.3. The smallest absolute Gasteiger partial charge is 0.332 e. The van der Waals surface area contributed by atoms with Crippen molar-refractivity contribution in [3.8, 4) is 0 Å². The molecule has 114 valence electrons. The summed E-state index contributed by atoms with van der Waals surface area (Å²) in [5, 5.41) is 11.7. The van der Waals surface area contributed by atoms with E-state index in [1.54, 1.807) is 4.90 Å². The number of likely N-dealkylation sites (N-methyl/N-ethyl adjacent to an activating group) is 1. The summed E-state index contributed by atoms with van der Waals surface area (Å²) in [6.07, 6.45) is 0.281. The van der Waals surface area contributed by atoms with Gasteiger partial charge in [-0.2, -0.15) is 0 Å². The number of carbonyl (C=O) groups excluding carboxylic acids is 1. The highest BCUT2D eigenvalue weighted by Gasteiger charge is 2.31. The van der Waals surface area contributed by atoms with Crippen molar-refractivity contribution in [3.63, 3.8) is 0 Å². The van der Waals surface area contributed by atoms with E-state index >= 15 is 0 Å². The van der Waals surface area contributed by atoms with Crippen LogP contribution in [-0.4, -0.2) is 78.4 Å². The molecule has 7 heteroatoms. The molecule has 0 bridgehead atoms. The lowest BCUT2D eigenvalue weighted by atomic mass is 10.2. The largest absolute Gasteiger partial charge is 0.479 e. The van der Waals surface area contributed by atoms with E-state index in [4.69, 9.17) is 9.84 Å². The second kappa shape index (κ2) is 6.41. The molecule has 2 saturated heterocycles. The van der Waals surface area contributed by atoms with Crippen LogP contribution in [0.4, 0.5) is 4.79 Å². The van der Waals surface area contributed by atoms with Gasteiger partial charge in [0.2, 0.25) is 0 Å². The van der Waals surface area contributed by atoms with Crippen LogP contribution in [0.2, 0.25) is 0 Å². The van der Waals surface area contributed by atoms with Crippen LogP contribution in [0.25, 0.3) is 0 Å². The van der Waals surface area contributed by atoms with Crippen LogP contribution in [0.1, 0.15) is 19.8 Å². The first-order valence-electron chi connectivity index (χ1n) is 7.08. The summed E-state index contributed by atoms with van der Waals surface area (Å²) in [4.78, 5) is 26.8. The van der Waals surface area contributed by atoms with Gasteiger partial charge in [0.05, 0.1) is 6.10 Å². The van der Waals surface area contributed by atoms with Gasteiger partial charge in [-0.1, -0.05) is 0 Å². The van der Waals surface area contributed by atoms with Crippen molar-refractivity contribution in [2.45, 2.75) is 38.0 Å². The predicted octanol–water partition coefficient (Wildman–Crippen LogP) is -0.0359. The molecule has 0 aromatic rings. The Kier molecular flexibility index (Phi) is 4.82. The van der Waals surface area contributed by atoms with Gasteiger partial charge in [0.1, 0.15) is 0 Å². The first-order chi connectivity index (χ1) is 9.47. The number of carboxylic acid groups (broad SMARTS) is 1. The lowest BCUT2D eigenvalue weighted by molar-refractivity contribution is -0.149. The molecule has 0 aromatic heterocycles. The van der Waals surface area contributed by atoms with E-state index in [1.165, 1.54) is 0 Å². The number of nitrogens with zero attached hydrogens (tertiary/aromatic N) is 2. The molecule has 2 aliphatic heterocycles. The van der Waals surface area contributed by atoms with Crippen LogP contribution in [-0.2, 0) is 9.53 Å². The Labute approximate surface area is 118 Å². The molecule has 0 spiro atoms. The van der Waals surface area contributed by atoms with Gasteiger partial charge >= 0.3 is 12.0 Å².